The number of hydrogen-bond acceptors (Lipinski definition) is 4. The summed E-state index contributed by atoms with van der Waals surface area (Å²) >= 11 is 0. The summed E-state index contributed by atoms with van der Waals surface area (Å²) in [6, 6.07) is 24.6. The van der Waals surface area contributed by atoms with Crippen molar-refractivity contribution in [2.45, 2.75) is 72.8 Å². The Morgan fingerprint density at radius 2 is 1.40 bits per heavy atom. The van der Waals surface area contributed by atoms with Gasteiger partial charge in [0.1, 0.15) is 11.2 Å². The Hall–Kier alpha value is -4.33. The maximum atomic E-state index is 13.8. The van der Waals surface area contributed by atoms with E-state index in [0.29, 0.717) is 44.8 Å². The van der Waals surface area contributed by atoms with Gasteiger partial charge >= 0.3 is 12.1 Å². The van der Waals surface area contributed by atoms with E-state index in [-0.39, 0.29) is 18.0 Å². The van der Waals surface area contributed by atoms with Gasteiger partial charge in [-0.25, -0.2) is 14.5 Å². The molecule has 1 aliphatic rings. The highest BCUT2D eigenvalue weighted by molar-refractivity contribution is 6.03. The van der Waals surface area contributed by atoms with E-state index in [1.807, 2.05) is 107 Å². The maximum Gasteiger partial charge on any atom is 0.330 e. The third-order valence-electron chi connectivity index (χ3n) is 8.00. The van der Waals surface area contributed by atoms with Gasteiger partial charge in [0.15, 0.2) is 6.23 Å². The van der Waals surface area contributed by atoms with Crippen molar-refractivity contribution in [1.82, 2.24) is 20.4 Å². The van der Waals surface area contributed by atoms with Crippen molar-refractivity contribution in [2.75, 3.05) is 6.54 Å². The average Bonchev–Trinajstić information content (AvgIpc) is 3.01. The lowest BCUT2D eigenvalue weighted by Gasteiger charge is -2.54. The average molecular weight is 571 g/mol. The number of amides is 5. The van der Waals surface area contributed by atoms with Crippen molar-refractivity contribution in [3.8, 4) is 5.75 Å². The number of rotatable bonds is 12. The number of benzene rings is 3. The fourth-order valence-electron chi connectivity index (χ4n) is 5.30. The smallest absolute Gasteiger partial charge is 0.330 e. The van der Waals surface area contributed by atoms with Crippen LogP contribution in [0.3, 0.4) is 0 Å². The molecule has 5 amide bonds. The van der Waals surface area contributed by atoms with E-state index in [1.165, 1.54) is 4.90 Å². The fraction of sp³-hybridized carbons (Fsp3) is 0.382. The predicted octanol–water partition coefficient (Wildman–Crippen LogP) is 6.38. The molecule has 0 spiro atoms. The van der Waals surface area contributed by atoms with Gasteiger partial charge in [0.25, 0.3) is 0 Å². The normalized spacial score (nSPS) is 15.5. The first-order valence-corrected chi connectivity index (χ1v) is 14.8. The molecule has 0 bridgehead atoms. The zero-order valence-electron chi connectivity index (χ0n) is 25.1. The highest BCUT2D eigenvalue weighted by Crippen LogP contribution is 2.46. The second-order valence-corrected chi connectivity index (χ2v) is 10.9. The van der Waals surface area contributed by atoms with Crippen LogP contribution in [0.5, 0.6) is 5.75 Å². The zero-order valence-corrected chi connectivity index (χ0v) is 25.1. The lowest BCUT2D eigenvalue weighted by Crippen LogP contribution is -2.73. The largest absolute Gasteiger partial charge is 0.469 e. The van der Waals surface area contributed by atoms with Crippen molar-refractivity contribution in [2.24, 2.45) is 5.41 Å². The Kier molecular flexibility index (Phi) is 10.2. The topological polar surface area (TPSA) is 91.0 Å². The third-order valence-corrected chi connectivity index (χ3v) is 8.00. The van der Waals surface area contributed by atoms with Gasteiger partial charge in [0.2, 0.25) is 5.91 Å². The minimum absolute atomic E-state index is 0.185. The van der Waals surface area contributed by atoms with Gasteiger partial charge in [-0.3, -0.25) is 4.79 Å². The summed E-state index contributed by atoms with van der Waals surface area (Å²) in [5.74, 6) is 0.379. The Labute approximate surface area is 249 Å². The molecule has 0 radical (unpaired) electrons. The Morgan fingerprint density at radius 3 is 1.98 bits per heavy atom. The number of urea groups is 2. The van der Waals surface area contributed by atoms with Crippen LogP contribution in [0, 0.1) is 12.3 Å². The number of hydrogen-bond donors (Lipinski definition) is 2. The molecule has 42 heavy (non-hydrogen) atoms. The van der Waals surface area contributed by atoms with Gasteiger partial charge < -0.3 is 20.3 Å². The second-order valence-electron chi connectivity index (χ2n) is 10.9. The van der Waals surface area contributed by atoms with E-state index >= 15 is 0 Å². The maximum absolute atomic E-state index is 13.8. The summed E-state index contributed by atoms with van der Waals surface area (Å²) in [5, 5.41) is 5.72. The van der Waals surface area contributed by atoms with E-state index in [0.717, 1.165) is 28.7 Å². The van der Waals surface area contributed by atoms with Crippen LogP contribution in [0.2, 0.25) is 0 Å². The van der Waals surface area contributed by atoms with Crippen molar-refractivity contribution in [1.29, 1.82) is 0 Å². The van der Waals surface area contributed by atoms with Crippen molar-refractivity contribution < 1.29 is 19.1 Å². The van der Waals surface area contributed by atoms with Gasteiger partial charge in [0.05, 0.1) is 0 Å². The molecule has 222 valence electrons. The van der Waals surface area contributed by atoms with Crippen LogP contribution in [-0.2, 0) is 24.4 Å². The summed E-state index contributed by atoms with van der Waals surface area (Å²) in [6.07, 6.45) is 1.22. The number of carbonyl (C=O) groups excluding carboxylic acids is 3. The molecule has 1 unspecified atom stereocenters. The van der Waals surface area contributed by atoms with E-state index in [1.54, 1.807) is 4.90 Å². The molecular weight excluding hydrogens is 528 g/mol. The standard InChI is InChI=1S/C34H42N4O4/c1-5-21-37(24-28-15-13-25(4)14-16-28)33(41)38-30(39)34(6-2,7-3)31(38)42-29-19-17-27(18-20-29)23-36-32(40)35-22-26-11-9-8-10-12-26/h8-20,31H,5-7,21-24H2,1-4H3,(H2,35,36,40). The van der Waals surface area contributed by atoms with Crippen LogP contribution in [0.25, 0.3) is 0 Å². The van der Waals surface area contributed by atoms with Crippen molar-refractivity contribution in [3.63, 3.8) is 0 Å². The first-order valence-electron chi connectivity index (χ1n) is 14.8. The minimum Gasteiger partial charge on any atom is -0.469 e. The van der Waals surface area contributed by atoms with Crippen LogP contribution in [0.1, 0.15) is 62.3 Å². The molecule has 0 saturated carbocycles. The van der Waals surface area contributed by atoms with E-state index in [9.17, 15) is 14.4 Å². The molecule has 0 aliphatic carbocycles. The molecule has 4 rings (SSSR count). The molecule has 1 aliphatic heterocycles. The molecule has 3 aromatic rings. The van der Waals surface area contributed by atoms with Crippen molar-refractivity contribution >= 4 is 18.0 Å². The van der Waals surface area contributed by atoms with Gasteiger partial charge in [-0.05, 0) is 55.0 Å². The third kappa shape index (κ3) is 6.93. The number of ether oxygens (including phenoxy) is 1. The number of carbonyl (C=O) groups is 3. The number of β-lactam (4-membered cyclic amide) rings is 1. The zero-order chi connectivity index (χ0) is 30.1. The van der Waals surface area contributed by atoms with Crippen LogP contribution in [0.15, 0.2) is 78.9 Å². The summed E-state index contributed by atoms with van der Waals surface area (Å²) in [5.41, 5.74) is 3.35. The summed E-state index contributed by atoms with van der Waals surface area (Å²) in [6.45, 7) is 9.75. The lowest BCUT2D eigenvalue weighted by molar-refractivity contribution is -0.192. The van der Waals surface area contributed by atoms with E-state index < -0.39 is 11.6 Å². The van der Waals surface area contributed by atoms with Gasteiger partial charge in [-0.2, -0.15) is 0 Å². The van der Waals surface area contributed by atoms with Crippen LogP contribution in [-0.4, -0.2) is 40.5 Å². The summed E-state index contributed by atoms with van der Waals surface area (Å²) in [4.78, 5) is 42.5. The summed E-state index contributed by atoms with van der Waals surface area (Å²) < 4.78 is 6.37. The molecule has 1 heterocycles. The quantitative estimate of drug-likeness (QED) is 0.247. The van der Waals surface area contributed by atoms with Gasteiger partial charge in [-0.15, -0.1) is 0 Å². The molecule has 8 heteroatoms. The fourth-order valence-corrected chi connectivity index (χ4v) is 5.30. The van der Waals surface area contributed by atoms with E-state index in [2.05, 4.69) is 10.6 Å². The molecule has 8 nitrogen and oxygen atoms in total. The van der Waals surface area contributed by atoms with Gasteiger partial charge in [-0.1, -0.05) is 93.1 Å². The number of aryl methyl sites for hydroxylation is 1. The SMILES string of the molecule is CCCN(Cc1ccc(C)cc1)C(=O)N1C(=O)C(CC)(CC)C1Oc1ccc(CNC(=O)NCc2ccccc2)cc1. The highest BCUT2D eigenvalue weighted by Gasteiger charge is 2.63. The summed E-state index contributed by atoms with van der Waals surface area (Å²) in [7, 11) is 0. The molecule has 3 aromatic carbocycles. The lowest BCUT2D eigenvalue weighted by atomic mass is 9.72. The number of imide groups is 1. The number of nitrogens with one attached hydrogen (secondary N) is 2. The Balaban J connectivity index is 1.41. The van der Waals surface area contributed by atoms with Crippen LogP contribution < -0.4 is 15.4 Å². The highest BCUT2D eigenvalue weighted by atomic mass is 16.5. The van der Waals surface area contributed by atoms with Crippen LogP contribution in [0.4, 0.5) is 9.59 Å². The molecule has 2 N–H and O–H groups in total. The molecule has 0 aromatic heterocycles. The predicted molar refractivity (Wildman–Crippen MR) is 164 cm³/mol. The first kappa shape index (κ1) is 30.6. The minimum atomic E-state index is -0.755. The molecule has 1 fully saturated rings. The van der Waals surface area contributed by atoms with Crippen LogP contribution >= 0.6 is 0 Å². The monoisotopic (exact) mass is 570 g/mol. The Bertz CT molecular complexity index is 1340. The number of likely N-dealkylation sites (tertiary alicyclic amines) is 1. The molecule has 1 saturated heterocycles. The second kappa shape index (κ2) is 14.0. The number of nitrogens with zero attached hydrogens (tertiary/aromatic N) is 2. The Morgan fingerprint density at radius 1 is 0.833 bits per heavy atom. The molecule has 1 atom stereocenters. The molecular formula is C34H42N4O4. The van der Waals surface area contributed by atoms with Crippen molar-refractivity contribution in [3.05, 3.63) is 101 Å². The van der Waals surface area contributed by atoms with E-state index in [4.69, 9.17) is 4.74 Å². The first-order chi connectivity index (χ1) is 20.3. The van der Waals surface area contributed by atoms with Gasteiger partial charge in [0, 0.05) is 26.2 Å².